The molecule has 4 rings (SSSR count). The Balaban J connectivity index is 1.79. The summed E-state index contributed by atoms with van der Waals surface area (Å²) in [6.45, 7) is 1.15. The van der Waals surface area contributed by atoms with Crippen LogP contribution in [0.2, 0.25) is 10.0 Å². The lowest BCUT2D eigenvalue weighted by molar-refractivity contribution is -0.140. The number of sulfonamides is 1. The predicted octanol–water partition coefficient (Wildman–Crippen LogP) is 6.17. The van der Waals surface area contributed by atoms with E-state index in [-0.39, 0.29) is 30.6 Å². The van der Waals surface area contributed by atoms with Crippen LogP contribution in [0.3, 0.4) is 0 Å². The van der Waals surface area contributed by atoms with E-state index in [0.717, 1.165) is 53.8 Å². The molecular weight excluding hydrogens is 621 g/mol. The van der Waals surface area contributed by atoms with Crippen molar-refractivity contribution in [3.63, 3.8) is 0 Å². The van der Waals surface area contributed by atoms with Gasteiger partial charge in [-0.2, -0.15) is 0 Å². The highest BCUT2D eigenvalue weighted by atomic mass is 35.5. The molecule has 2 amide bonds. The number of halogens is 2. The third kappa shape index (κ3) is 8.67. The second kappa shape index (κ2) is 15.1. The maximum atomic E-state index is 14.4. The van der Waals surface area contributed by atoms with Crippen molar-refractivity contribution in [3.8, 4) is 5.75 Å². The summed E-state index contributed by atoms with van der Waals surface area (Å²) < 4.78 is 32.8. The first-order valence-corrected chi connectivity index (χ1v) is 17.3. The number of hydrogen-bond acceptors (Lipinski definition) is 5. The smallest absolute Gasteiger partial charge is 0.244 e. The van der Waals surface area contributed by atoms with Crippen LogP contribution in [0.1, 0.15) is 48.8 Å². The molecule has 8 nitrogen and oxygen atoms in total. The topological polar surface area (TPSA) is 96.0 Å². The Morgan fingerprint density at radius 2 is 1.64 bits per heavy atom. The molecule has 1 atom stereocenters. The summed E-state index contributed by atoms with van der Waals surface area (Å²) in [5, 5.41) is 3.85. The molecule has 1 fully saturated rings. The fourth-order valence-corrected chi connectivity index (χ4v) is 6.90. The molecule has 236 valence electrons. The van der Waals surface area contributed by atoms with Crippen LogP contribution in [0.25, 0.3) is 0 Å². The molecule has 1 unspecified atom stereocenters. The van der Waals surface area contributed by atoms with E-state index < -0.39 is 28.5 Å². The van der Waals surface area contributed by atoms with Crippen molar-refractivity contribution in [1.82, 2.24) is 10.2 Å². The molecule has 3 aromatic rings. The summed E-state index contributed by atoms with van der Waals surface area (Å²) in [7, 11) is -2.52. The molecule has 0 saturated heterocycles. The van der Waals surface area contributed by atoms with E-state index in [1.54, 1.807) is 36.4 Å². The van der Waals surface area contributed by atoms with Crippen LogP contribution in [0.15, 0.2) is 66.7 Å². The molecule has 0 aromatic heterocycles. The zero-order chi connectivity index (χ0) is 31.9. The van der Waals surface area contributed by atoms with Gasteiger partial charge in [-0.05, 0) is 55.2 Å². The minimum atomic E-state index is -3.96. The van der Waals surface area contributed by atoms with Crippen LogP contribution in [0.4, 0.5) is 5.69 Å². The second-order valence-electron chi connectivity index (χ2n) is 11.2. The number of anilines is 1. The van der Waals surface area contributed by atoms with E-state index in [4.69, 9.17) is 27.9 Å². The molecule has 1 N–H and O–H groups in total. The van der Waals surface area contributed by atoms with E-state index in [1.807, 2.05) is 37.3 Å². The van der Waals surface area contributed by atoms with Crippen molar-refractivity contribution >= 4 is 50.7 Å². The van der Waals surface area contributed by atoms with Gasteiger partial charge in [-0.1, -0.05) is 84.9 Å². The van der Waals surface area contributed by atoms with Crippen molar-refractivity contribution in [2.45, 2.75) is 64.1 Å². The average molecular weight is 661 g/mol. The molecule has 1 aliphatic carbocycles. The van der Waals surface area contributed by atoms with Crippen molar-refractivity contribution in [2.75, 3.05) is 24.2 Å². The van der Waals surface area contributed by atoms with Gasteiger partial charge in [-0.3, -0.25) is 13.9 Å². The molecule has 0 radical (unpaired) electrons. The zero-order valence-corrected chi connectivity index (χ0v) is 27.6. The molecule has 1 saturated carbocycles. The van der Waals surface area contributed by atoms with E-state index >= 15 is 0 Å². The van der Waals surface area contributed by atoms with Crippen molar-refractivity contribution in [3.05, 3.63) is 93.5 Å². The first-order valence-electron chi connectivity index (χ1n) is 14.7. The van der Waals surface area contributed by atoms with Gasteiger partial charge in [0, 0.05) is 34.6 Å². The fraction of sp³-hybridized carbons (Fsp3) is 0.394. The van der Waals surface area contributed by atoms with Gasteiger partial charge in [0.05, 0.1) is 19.1 Å². The lowest BCUT2D eigenvalue weighted by atomic mass is 9.94. The van der Waals surface area contributed by atoms with Gasteiger partial charge in [0.2, 0.25) is 21.8 Å². The number of nitrogens with zero attached hydrogens (tertiary/aromatic N) is 2. The maximum Gasteiger partial charge on any atom is 0.244 e. The van der Waals surface area contributed by atoms with Crippen LogP contribution < -0.4 is 14.4 Å². The fourth-order valence-electron chi connectivity index (χ4n) is 5.54. The summed E-state index contributed by atoms with van der Waals surface area (Å²) in [6.07, 6.45) is 6.14. The molecular formula is C33H39Cl2N3O5S. The van der Waals surface area contributed by atoms with Crippen molar-refractivity contribution in [2.24, 2.45) is 0 Å². The minimum Gasteiger partial charge on any atom is -0.495 e. The first-order chi connectivity index (χ1) is 21.0. The van der Waals surface area contributed by atoms with Crippen molar-refractivity contribution < 1.29 is 22.7 Å². The third-order valence-electron chi connectivity index (χ3n) is 7.90. The number of benzene rings is 3. The third-order valence-corrected chi connectivity index (χ3v) is 9.73. The van der Waals surface area contributed by atoms with Crippen molar-refractivity contribution in [1.29, 1.82) is 0 Å². The van der Waals surface area contributed by atoms with Gasteiger partial charge in [0.15, 0.2) is 0 Å². The molecule has 3 aromatic carbocycles. The van der Waals surface area contributed by atoms with Crippen LogP contribution in [0, 0.1) is 6.92 Å². The monoisotopic (exact) mass is 659 g/mol. The Morgan fingerprint density at radius 3 is 2.25 bits per heavy atom. The summed E-state index contributed by atoms with van der Waals surface area (Å²) in [5.74, 6) is -0.601. The van der Waals surface area contributed by atoms with Crippen LogP contribution >= 0.6 is 23.2 Å². The lowest BCUT2D eigenvalue weighted by Crippen LogP contribution is -2.55. The van der Waals surface area contributed by atoms with Crippen LogP contribution in [-0.4, -0.2) is 57.1 Å². The van der Waals surface area contributed by atoms with E-state index in [2.05, 4.69) is 5.32 Å². The van der Waals surface area contributed by atoms with Crippen LogP contribution in [-0.2, 0) is 32.6 Å². The SMILES string of the molecule is COc1ccc(C)cc1N(CC(=O)N(Cc1c(Cl)cccc1Cl)C(Cc1ccccc1)C(=O)NC1CCCCC1)S(C)(=O)=O. The second-order valence-corrected chi connectivity index (χ2v) is 13.9. The molecule has 11 heteroatoms. The first kappa shape index (κ1) is 33.6. The number of aryl methyl sites for hydroxylation is 1. The Labute approximate surface area is 270 Å². The minimum absolute atomic E-state index is 0.000509. The molecule has 0 bridgehead atoms. The number of methoxy groups -OCH3 is 1. The summed E-state index contributed by atoms with van der Waals surface area (Å²) in [5.41, 5.74) is 2.33. The van der Waals surface area contributed by atoms with Gasteiger partial charge < -0.3 is 15.0 Å². The standard InChI is InChI=1S/C33H39Cl2N3O5S/c1-23-17-18-31(43-2)29(19-23)38(44(3,41)42)22-32(39)37(21-26-27(34)15-10-16-28(26)35)30(20-24-11-6-4-7-12-24)33(40)36-25-13-8-5-9-14-25/h4,6-7,10-12,15-19,25,30H,5,8-9,13-14,20-22H2,1-3H3,(H,36,40). The normalized spacial score (nSPS) is 14.5. The quantitative estimate of drug-likeness (QED) is 0.251. The number of carbonyl (C=O) groups excluding carboxylic acids is 2. The van der Waals surface area contributed by atoms with E-state index in [1.165, 1.54) is 12.0 Å². The highest BCUT2D eigenvalue weighted by molar-refractivity contribution is 7.92. The number of ether oxygens (including phenoxy) is 1. The maximum absolute atomic E-state index is 14.4. The number of rotatable bonds is 12. The molecule has 44 heavy (non-hydrogen) atoms. The Morgan fingerprint density at radius 1 is 0.977 bits per heavy atom. The number of hydrogen-bond donors (Lipinski definition) is 1. The molecule has 0 heterocycles. The van der Waals surface area contributed by atoms with Gasteiger partial charge in [-0.15, -0.1) is 0 Å². The van der Waals surface area contributed by atoms with Gasteiger partial charge in [0.25, 0.3) is 0 Å². The average Bonchev–Trinajstić information content (AvgIpc) is 2.99. The number of amides is 2. The van der Waals surface area contributed by atoms with Crippen LogP contribution in [0.5, 0.6) is 5.75 Å². The summed E-state index contributed by atoms with van der Waals surface area (Å²) in [4.78, 5) is 29.9. The highest BCUT2D eigenvalue weighted by Crippen LogP contribution is 2.32. The molecule has 0 aliphatic heterocycles. The Kier molecular flexibility index (Phi) is 11.6. The summed E-state index contributed by atoms with van der Waals surface area (Å²) in [6, 6.07) is 18.6. The van der Waals surface area contributed by atoms with Gasteiger partial charge in [0.1, 0.15) is 18.3 Å². The highest BCUT2D eigenvalue weighted by Gasteiger charge is 2.35. The lowest BCUT2D eigenvalue weighted by Gasteiger charge is -2.35. The van der Waals surface area contributed by atoms with Gasteiger partial charge >= 0.3 is 0 Å². The van der Waals surface area contributed by atoms with E-state index in [9.17, 15) is 18.0 Å². The number of carbonyl (C=O) groups is 2. The van der Waals surface area contributed by atoms with Gasteiger partial charge in [-0.25, -0.2) is 8.42 Å². The Hall–Kier alpha value is -3.27. The predicted molar refractivity (Wildman–Crippen MR) is 176 cm³/mol. The Bertz CT molecular complexity index is 1540. The zero-order valence-electron chi connectivity index (χ0n) is 25.3. The van der Waals surface area contributed by atoms with E-state index in [0.29, 0.717) is 21.4 Å². The molecule has 1 aliphatic rings. The largest absolute Gasteiger partial charge is 0.495 e. The number of nitrogens with one attached hydrogen (secondary N) is 1. The molecule has 0 spiro atoms. The summed E-state index contributed by atoms with van der Waals surface area (Å²) >= 11 is 13.1.